The number of urea groups is 1. The highest BCUT2D eigenvalue weighted by Crippen LogP contribution is 2.41. The van der Waals surface area contributed by atoms with E-state index in [9.17, 15) is 36.7 Å². The van der Waals surface area contributed by atoms with E-state index in [1.807, 2.05) is 0 Å². The highest BCUT2D eigenvalue weighted by atomic mass is 19.4. The van der Waals surface area contributed by atoms with Crippen LogP contribution in [0.15, 0.2) is 47.2 Å². The van der Waals surface area contributed by atoms with E-state index < -0.39 is 64.4 Å². The van der Waals surface area contributed by atoms with E-state index >= 15 is 0 Å². The summed E-state index contributed by atoms with van der Waals surface area (Å²) in [5, 5.41) is 2.39. The second-order valence-electron chi connectivity index (χ2n) is 10.7. The number of nitrogens with one attached hydrogen (secondary N) is 1. The lowest BCUT2D eigenvalue weighted by Gasteiger charge is -2.43. The molecule has 1 N–H and O–H groups in total. The third-order valence-corrected chi connectivity index (χ3v) is 7.84. The third-order valence-electron chi connectivity index (χ3n) is 7.84. The number of likely N-dealkylation sites (tertiary alicyclic amines) is 1. The van der Waals surface area contributed by atoms with Crippen LogP contribution in [-0.2, 0) is 15.8 Å². The lowest BCUT2D eigenvalue weighted by Crippen LogP contribution is -2.60. The fourth-order valence-electron chi connectivity index (χ4n) is 5.51. The molecule has 0 unspecified atom stereocenters. The minimum atomic E-state index is -4.79. The molecular weight excluding hydrogens is 562 g/mol. The summed E-state index contributed by atoms with van der Waals surface area (Å²) in [5.41, 5.74) is -1.86. The van der Waals surface area contributed by atoms with Gasteiger partial charge in [-0.05, 0) is 55.2 Å². The molecule has 1 aromatic heterocycles. The molecule has 2 aliphatic rings. The van der Waals surface area contributed by atoms with Crippen molar-refractivity contribution in [1.29, 1.82) is 0 Å². The van der Waals surface area contributed by atoms with Crippen LogP contribution < -0.4 is 10.2 Å². The van der Waals surface area contributed by atoms with Crippen LogP contribution in [0, 0.1) is 11.7 Å². The van der Waals surface area contributed by atoms with E-state index in [1.54, 1.807) is 32.0 Å². The van der Waals surface area contributed by atoms with Crippen molar-refractivity contribution in [2.75, 3.05) is 25.0 Å². The van der Waals surface area contributed by atoms with Crippen LogP contribution in [0.25, 0.3) is 11.1 Å². The molecule has 14 heteroatoms. The molecule has 2 saturated heterocycles. The summed E-state index contributed by atoms with van der Waals surface area (Å²) in [5.74, 6) is -3.79. The van der Waals surface area contributed by atoms with Gasteiger partial charge in [-0.15, -0.1) is 0 Å². The summed E-state index contributed by atoms with van der Waals surface area (Å²) >= 11 is 0. The lowest BCUT2D eigenvalue weighted by atomic mass is 9.85. The van der Waals surface area contributed by atoms with Gasteiger partial charge in [0.2, 0.25) is 5.91 Å². The summed E-state index contributed by atoms with van der Waals surface area (Å²) in [7, 11) is 1.38. The Labute approximate surface area is 237 Å². The van der Waals surface area contributed by atoms with Crippen LogP contribution in [0.4, 0.5) is 28.0 Å². The van der Waals surface area contributed by atoms with E-state index in [1.165, 1.54) is 23.2 Å². The molecule has 3 aromatic rings. The van der Waals surface area contributed by atoms with Gasteiger partial charge in [0, 0.05) is 25.8 Å². The summed E-state index contributed by atoms with van der Waals surface area (Å²) < 4.78 is 59.0. The SMILES string of the molecule is CC(C)[C@@H](NC(=O)c1cc(C(F)(F)F)ccc1F)C(=O)N1CCC2(CC1)C(=O)N(C)C(=O)N2c1ccc2ocnc2c1. The molecule has 42 heavy (non-hydrogen) atoms. The number of nitrogens with zero attached hydrogens (tertiary/aromatic N) is 4. The van der Waals surface area contributed by atoms with Crippen molar-refractivity contribution in [2.24, 2.45) is 5.92 Å². The zero-order valence-electron chi connectivity index (χ0n) is 22.9. The number of oxazole rings is 1. The lowest BCUT2D eigenvalue weighted by molar-refractivity contribution is -0.139. The Kier molecular flexibility index (Phi) is 7.19. The Balaban J connectivity index is 1.35. The molecule has 1 atom stereocenters. The number of carbonyl (C=O) groups is 4. The number of benzene rings is 2. The van der Waals surface area contributed by atoms with Gasteiger partial charge in [0.15, 0.2) is 12.0 Å². The third kappa shape index (κ3) is 4.84. The molecule has 5 amide bonds. The fraction of sp³-hybridized carbons (Fsp3) is 0.393. The average Bonchev–Trinajstić information content (AvgIpc) is 3.48. The number of amides is 5. The van der Waals surface area contributed by atoms with Gasteiger partial charge in [0.05, 0.1) is 11.1 Å². The first-order chi connectivity index (χ1) is 19.7. The number of rotatable bonds is 5. The number of carbonyl (C=O) groups excluding carboxylic acids is 4. The van der Waals surface area contributed by atoms with Gasteiger partial charge in [-0.1, -0.05) is 13.8 Å². The van der Waals surface area contributed by atoms with Crippen molar-refractivity contribution < 1.29 is 41.2 Å². The molecule has 2 aliphatic heterocycles. The van der Waals surface area contributed by atoms with Gasteiger partial charge in [-0.3, -0.25) is 24.2 Å². The maximum absolute atomic E-state index is 14.3. The van der Waals surface area contributed by atoms with Gasteiger partial charge in [-0.25, -0.2) is 14.2 Å². The monoisotopic (exact) mass is 589 g/mol. The molecule has 0 aliphatic carbocycles. The molecular formula is C28H27F4N5O5. The Morgan fingerprint density at radius 2 is 1.76 bits per heavy atom. The van der Waals surface area contributed by atoms with E-state index in [-0.39, 0.29) is 25.9 Å². The Hall–Kier alpha value is -4.49. The number of hydrogen-bond acceptors (Lipinski definition) is 6. The van der Waals surface area contributed by atoms with Gasteiger partial charge in [-0.2, -0.15) is 13.2 Å². The number of likely N-dealkylation sites (N-methyl/N-ethyl adjacent to an activating group) is 1. The number of hydrogen-bond donors (Lipinski definition) is 1. The van der Waals surface area contributed by atoms with Crippen LogP contribution in [0.1, 0.15) is 42.6 Å². The van der Waals surface area contributed by atoms with Crippen LogP contribution in [0.5, 0.6) is 0 Å². The summed E-state index contributed by atoms with van der Waals surface area (Å²) in [6.07, 6.45) is -3.35. The highest BCUT2D eigenvalue weighted by molar-refractivity contribution is 6.17. The molecule has 222 valence electrons. The topological polar surface area (TPSA) is 116 Å². The van der Waals surface area contributed by atoms with Crippen molar-refractivity contribution in [3.05, 3.63) is 59.7 Å². The second kappa shape index (κ2) is 10.4. The van der Waals surface area contributed by atoms with Gasteiger partial charge >= 0.3 is 12.2 Å². The van der Waals surface area contributed by atoms with Crippen molar-refractivity contribution >= 4 is 40.5 Å². The molecule has 2 aromatic carbocycles. The zero-order valence-corrected chi connectivity index (χ0v) is 22.9. The molecule has 1 spiro atoms. The van der Waals surface area contributed by atoms with E-state index in [0.717, 1.165) is 4.90 Å². The molecule has 10 nitrogen and oxygen atoms in total. The first-order valence-corrected chi connectivity index (χ1v) is 13.2. The van der Waals surface area contributed by atoms with E-state index in [0.29, 0.717) is 35.0 Å². The predicted molar refractivity (Wildman–Crippen MR) is 141 cm³/mol. The first kappa shape index (κ1) is 29.0. The molecule has 3 heterocycles. The van der Waals surface area contributed by atoms with Crippen molar-refractivity contribution in [1.82, 2.24) is 20.1 Å². The van der Waals surface area contributed by atoms with Crippen molar-refractivity contribution in [3.63, 3.8) is 0 Å². The maximum Gasteiger partial charge on any atom is 0.416 e. The van der Waals surface area contributed by atoms with E-state index in [4.69, 9.17) is 4.42 Å². The van der Waals surface area contributed by atoms with Crippen LogP contribution in [0.2, 0.25) is 0 Å². The molecule has 0 bridgehead atoms. The number of alkyl halides is 3. The summed E-state index contributed by atoms with van der Waals surface area (Å²) in [6.45, 7) is 3.36. The minimum Gasteiger partial charge on any atom is -0.443 e. The normalized spacial score (nSPS) is 18.0. The minimum absolute atomic E-state index is 0.0470. The Morgan fingerprint density at radius 3 is 2.40 bits per heavy atom. The average molecular weight is 590 g/mol. The maximum atomic E-state index is 14.3. The van der Waals surface area contributed by atoms with Crippen molar-refractivity contribution in [2.45, 2.75) is 44.4 Å². The molecule has 5 rings (SSSR count). The predicted octanol–water partition coefficient (Wildman–Crippen LogP) is 4.20. The fourth-order valence-corrected chi connectivity index (χ4v) is 5.51. The summed E-state index contributed by atoms with van der Waals surface area (Å²) in [4.78, 5) is 61.0. The van der Waals surface area contributed by atoms with Gasteiger partial charge < -0.3 is 14.6 Å². The van der Waals surface area contributed by atoms with Gasteiger partial charge in [0.1, 0.15) is 22.9 Å². The largest absolute Gasteiger partial charge is 0.443 e. The number of aromatic nitrogens is 1. The number of fused-ring (bicyclic) bond motifs is 1. The smallest absolute Gasteiger partial charge is 0.416 e. The zero-order chi connectivity index (χ0) is 30.6. The van der Waals surface area contributed by atoms with Crippen LogP contribution >= 0.6 is 0 Å². The molecule has 0 saturated carbocycles. The summed E-state index contributed by atoms with van der Waals surface area (Å²) in [6, 6.07) is 4.70. The number of anilines is 1. The molecule has 0 radical (unpaired) electrons. The van der Waals surface area contributed by atoms with Crippen LogP contribution in [-0.4, -0.2) is 70.3 Å². The standard InChI is InChI=1S/C28H27F4N5O5/c1-15(2)22(34-23(38)18-12-16(28(30,31)32)4-6-19(18)29)24(39)36-10-8-27(9-11-36)25(40)35(3)26(41)37(27)17-5-7-21-20(13-17)33-14-42-21/h4-7,12-15,22H,8-11H2,1-3H3,(H,34,38)/t22-/m1/s1. The molecule has 2 fully saturated rings. The highest BCUT2D eigenvalue weighted by Gasteiger charge is 2.58. The Bertz CT molecular complexity index is 1580. The number of halogens is 4. The van der Waals surface area contributed by atoms with Gasteiger partial charge in [0.25, 0.3) is 11.8 Å². The van der Waals surface area contributed by atoms with Crippen molar-refractivity contribution in [3.8, 4) is 0 Å². The number of imide groups is 1. The first-order valence-electron chi connectivity index (χ1n) is 13.2. The Morgan fingerprint density at radius 1 is 1.07 bits per heavy atom. The number of piperidine rings is 1. The quantitative estimate of drug-likeness (QED) is 0.352. The van der Waals surface area contributed by atoms with E-state index in [2.05, 4.69) is 10.3 Å². The second-order valence-corrected chi connectivity index (χ2v) is 10.7. The van der Waals surface area contributed by atoms with Crippen LogP contribution in [0.3, 0.4) is 0 Å².